The van der Waals surface area contributed by atoms with Gasteiger partial charge < -0.3 is 0 Å². The Balaban J connectivity index is 1.06. The van der Waals surface area contributed by atoms with Crippen molar-refractivity contribution in [1.82, 2.24) is 9.97 Å². The lowest BCUT2D eigenvalue weighted by Gasteiger charge is -2.15. The van der Waals surface area contributed by atoms with Crippen LogP contribution in [0.15, 0.2) is 194 Å². The van der Waals surface area contributed by atoms with Crippen LogP contribution in [0.3, 0.4) is 0 Å². The first-order chi connectivity index (χ1) is 28.2. The maximum atomic E-state index is 5.45. The predicted molar refractivity (Wildman–Crippen MR) is 244 cm³/mol. The predicted octanol–water partition coefficient (Wildman–Crippen LogP) is 15.3. The van der Waals surface area contributed by atoms with Gasteiger partial charge in [-0.25, -0.2) is 4.98 Å². The molecule has 0 bridgehead atoms. The van der Waals surface area contributed by atoms with Crippen molar-refractivity contribution in [3.8, 4) is 44.6 Å². The van der Waals surface area contributed by atoms with Crippen LogP contribution in [0, 0.1) is 0 Å². The molecule has 0 aliphatic carbocycles. The Morgan fingerprint density at radius 3 is 1.56 bits per heavy atom. The Bertz CT molecular complexity index is 3590. The van der Waals surface area contributed by atoms with E-state index in [0.29, 0.717) is 0 Å². The molecule has 12 aromatic rings. The number of hydrogen-bond donors (Lipinski definition) is 0. The molecule has 264 valence electrons. The zero-order chi connectivity index (χ0) is 37.5. The van der Waals surface area contributed by atoms with Gasteiger partial charge in [-0.3, -0.25) is 4.98 Å². The van der Waals surface area contributed by atoms with Crippen molar-refractivity contribution >= 4 is 85.6 Å². The summed E-state index contributed by atoms with van der Waals surface area (Å²) in [5, 5.41) is 12.1. The number of nitrogens with zero attached hydrogens (tertiary/aromatic N) is 2. The van der Waals surface area contributed by atoms with Crippen LogP contribution in [0.25, 0.3) is 119 Å². The Morgan fingerprint density at radius 2 is 0.842 bits per heavy atom. The number of hydrogen-bond acceptors (Lipinski definition) is 3. The maximum Gasteiger partial charge on any atom is 0.0979 e. The highest BCUT2D eigenvalue weighted by atomic mass is 32.1. The molecule has 2 aromatic heterocycles. The molecule has 3 heteroatoms. The number of fused-ring (bicyclic) bond motifs is 11. The second kappa shape index (κ2) is 12.7. The van der Waals surface area contributed by atoms with Gasteiger partial charge in [-0.2, -0.15) is 0 Å². The summed E-state index contributed by atoms with van der Waals surface area (Å²) in [6, 6.07) is 68.4. The molecular formula is C54H32N2S. The Morgan fingerprint density at radius 1 is 0.316 bits per heavy atom. The fraction of sp³-hybridized carbons (Fsp3) is 0. The molecule has 0 saturated carbocycles. The van der Waals surface area contributed by atoms with Crippen molar-refractivity contribution in [3.05, 3.63) is 194 Å². The molecule has 10 aromatic carbocycles. The fourth-order valence-electron chi connectivity index (χ4n) is 8.91. The SMILES string of the molecule is c1cc(-c2ccc3sc4ccccc4c3c2)cc(-c2cnc3c4ccc(-c5cccc6ccccc56)cc4c4cc(-c5cccc6ccccc56)ccc4c3n2)c1. The summed E-state index contributed by atoms with van der Waals surface area (Å²) >= 11 is 1.85. The molecule has 0 atom stereocenters. The van der Waals surface area contributed by atoms with Gasteiger partial charge in [-0.05, 0) is 102 Å². The molecule has 0 saturated heterocycles. The van der Waals surface area contributed by atoms with Gasteiger partial charge in [0.15, 0.2) is 0 Å². The third-order valence-electron chi connectivity index (χ3n) is 11.7. The Labute approximate surface area is 333 Å². The van der Waals surface area contributed by atoms with Crippen LogP contribution in [-0.2, 0) is 0 Å². The van der Waals surface area contributed by atoms with Crippen LogP contribution in [0.2, 0.25) is 0 Å². The highest BCUT2D eigenvalue weighted by molar-refractivity contribution is 7.25. The van der Waals surface area contributed by atoms with Gasteiger partial charge in [0.1, 0.15) is 0 Å². The zero-order valence-corrected chi connectivity index (χ0v) is 31.6. The average molecular weight is 741 g/mol. The lowest BCUT2D eigenvalue weighted by Crippen LogP contribution is -1.94. The van der Waals surface area contributed by atoms with E-state index in [9.17, 15) is 0 Å². The van der Waals surface area contributed by atoms with E-state index in [0.717, 1.165) is 38.6 Å². The van der Waals surface area contributed by atoms with Crippen molar-refractivity contribution in [2.45, 2.75) is 0 Å². The minimum absolute atomic E-state index is 0.859. The summed E-state index contributed by atoms with van der Waals surface area (Å²) < 4.78 is 2.63. The number of aromatic nitrogens is 2. The maximum absolute atomic E-state index is 5.45. The highest BCUT2D eigenvalue weighted by Crippen LogP contribution is 2.41. The van der Waals surface area contributed by atoms with Crippen LogP contribution in [0.4, 0.5) is 0 Å². The highest BCUT2D eigenvalue weighted by Gasteiger charge is 2.17. The molecule has 0 amide bonds. The first-order valence-electron chi connectivity index (χ1n) is 19.4. The first kappa shape index (κ1) is 32.1. The summed E-state index contributed by atoms with van der Waals surface area (Å²) in [5.41, 5.74) is 10.9. The molecule has 12 rings (SSSR count). The largest absolute Gasteiger partial charge is 0.252 e. The smallest absolute Gasteiger partial charge is 0.0979 e. The third kappa shape index (κ3) is 5.17. The standard InChI is InChI=1S/C54H32N2S/c1-3-16-40-33(10-1)12-8-19-42(40)37-22-25-45-47(30-37)48-31-38(43-20-9-13-34-11-2-4-17-41(34)43)23-26-46(48)54-53(45)55-32-50(56-54)39-15-7-14-35(28-39)36-24-27-52-49(29-36)44-18-5-6-21-51(44)57-52/h1-32H. The second-order valence-corrected chi connectivity index (χ2v) is 16.0. The Hall–Kier alpha value is -7.20. The molecule has 2 nitrogen and oxygen atoms in total. The monoisotopic (exact) mass is 740 g/mol. The molecule has 2 heterocycles. The van der Waals surface area contributed by atoms with Gasteiger partial charge in [-0.1, -0.05) is 152 Å². The van der Waals surface area contributed by atoms with Gasteiger partial charge in [0.05, 0.1) is 22.9 Å². The number of benzene rings is 10. The zero-order valence-electron chi connectivity index (χ0n) is 30.8. The summed E-state index contributed by atoms with van der Waals surface area (Å²) in [7, 11) is 0. The van der Waals surface area contributed by atoms with Crippen LogP contribution in [0.1, 0.15) is 0 Å². The molecular weight excluding hydrogens is 709 g/mol. The summed E-state index contributed by atoms with van der Waals surface area (Å²) in [6.07, 6.45) is 1.95. The van der Waals surface area contributed by atoms with Crippen LogP contribution in [0.5, 0.6) is 0 Å². The minimum Gasteiger partial charge on any atom is -0.252 e. The van der Waals surface area contributed by atoms with Crippen LogP contribution in [-0.4, -0.2) is 9.97 Å². The van der Waals surface area contributed by atoms with E-state index < -0.39 is 0 Å². The summed E-state index contributed by atoms with van der Waals surface area (Å²) in [6.45, 7) is 0. The molecule has 0 N–H and O–H groups in total. The van der Waals surface area contributed by atoms with Crippen LogP contribution < -0.4 is 0 Å². The fourth-order valence-corrected chi connectivity index (χ4v) is 10.00. The van der Waals surface area contributed by atoms with Gasteiger partial charge in [0.25, 0.3) is 0 Å². The van der Waals surface area contributed by atoms with E-state index >= 15 is 0 Å². The van der Waals surface area contributed by atoms with E-state index in [1.54, 1.807) is 0 Å². The van der Waals surface area contributed by atoms with E-state index in [-0.39, 0.29) is 0 Å². The van der Waals surface area contributed by atoms with Gasteiger partial charge in [0.2, 0.25) is 0 Å². The van der Waals surface area contributed by atoms with E-state index in [1.165, 1.54) is 80.3 Å². The third-order valence-corrected chi connectivity index (χ3v) is 12.8. The van der Waals surface area contributed by atoms with Crippen molar-refractivity contribution in [2.75, 3.05) is 0 Å². The van der Waals surface area contributed by atoms with Gasteiger partial charge >= 0.3 is 0 Å². The number of rotatable bonds is 4. The lowest BCUT2D eigenvalue weighted by molar-refractivity contribution is 1.31. The topological polar surface area (TPSA) is 25.8 Å². The van der Waals surface area contributed by atoms with Gasteiger partial charge in [-0.15, -0.1) is 11.3 Å². The van der Waals surface area contributed by atoms with Crippen molar-refractivity contribution in [2.24, 2.45) is 0 Å². The summed E-state index contributed by atoms with van der Waals surface area (Å²) in [4.78, 5) is 10.7. The van der Waals surface area contributed by atoms with Crippen molar-refractivity contribution in [1.29, 1.82) is 0 Å². The molecule has 0 unspecified atom stereocenters. The van der Waals surface area contributed by atoms with Crippen LogP contribution >= 0.6 is 11.3 Å². The second-order valence-electron chi connectivity index (χ2n) is 14.9. The van der Waals surface area contributed by atoms with E-state index in [4.69, 9.17) is 9.97 Å². The summed E-state index contributed by atoms with van der Waals surface area (Å²) in [5.74, 6) is 0. The van der Waals surface area contributed by atoms with E-state index in [1.807, 2.05) is 17.5 Å². The van der Waals surface area contributed by atoms with Crippen molar-refractivity contribution in [3.63, 3.8) is 0 Å². The lowest BCUT2D eigenvalue weighted by atomic mass is 9.91. The number of thiophene rings is 1. The molecule has 0 radical (unpaired) electrons. The first-order valence-corrected chi connectivity index (χ1v) is 20.2. The van der Waals surface area contributed by atoms with Crippen molar-refractivity contribution < 1.29 is 0 Å². The van der Waals surface area contributed by atoms with Gasteiger partial charge in [0, 0.05) is 36.5 Å². The molecule has 0 aliphatic heterocycles. The van der Waals surface area contributed by atoms with E-state index in [2.05, 4.69) is 188 Å². The quantitative estimate of drug-likeness (QED) is 0.168. The molecule has 57 heavy (non-hydrogen) atoms. The molecule has 0 aliphatic rings. The molecule has 0 spiro atoms. The normalized spacial score (nSPS) is 11.9. The molecule has 0 fully saturated rings. The minimum atomic E-state index is 0.859. The average Bonchev–Trinajstić information content (AvgIpc) is 3.66. The Kier molecular flexibility index (Phi) is 7.13.